The third kappa shape index (κ3) is 5.56. The van der Waals surface area contributed by atoms with E-state index in [9.17, 15) is 8.78 Å². The second-order valence-electron chi connectivity index (χ2n) is 4.58. The van der Waals surface area contributed by atoms with Crippen LogP contribution in [0.4, 0.5) is 8.78 Å². The molecule has 0 saturated carbocycles. The lowest BCUT2D eigenvalue weighted by molar-refractivity contribution is 0.198. The Kier molecular flexibility index (Phi) is 6.83. The molecular weight excluding hydrogens is 236 g/mol. The molecule has 0 bridgehead atoms. The number of halogens is 2. The Hall–Kier alpha value is -1.00. The minimum absolute atomic E-state index is 0.449. The van der Waals surface area contributed by atoms with Crippen LogP contribution in [0.2, 0.25) is 0 Å². The summed E-state index contributed by atoms with van der Waals surface area (Å²) in [5.74, 6) is -0.522. The predicted octanol–water partition coefficient (Wildman–Crippen LogP) is 2.77. The van der Waals surface area contributed by atoms with Gasteiger partial charge in [-0.25, -0.2) is 8.78 Å². The molecule has 1 aromatic rings. The van der Waals surface area contributed by atoms with Crippen molar-refractivity contribution in [1.29, 1.82) is 0 Å². The zero-order valence-corrected chi connectivity index (χ0v) is 11.0. The highest BCUT2D eigenvalue weighted by molar-refractivity contribution is 5.18. The van der Waals surface area contributed by atoms with Crippen LogP contribution in [0, 0.1) is 17.6 Å². The highest BCUT2D eigenvalue weighted by Gasteiger charge is 2.07. The Bertz CT molecular complexity index is 358. The molecule has 0 saturated heterocycles. The lowest BCUT2D eigenvalue weighted by atomic mass is 10.0. The molecule has 1 atom stereocenters. The number of hydrogen-bond donors (Lipinski definition) is 1. The Morgan fingerprint density at radius 3 is 2.78 bits per heavy atom. The van der Waals surface area contributed by atoms with Crippen LogP contribution in [-0.2, 0) is 11.2 Å². The van der Waals surface area contributed by atoms with Crippen molar-refractivity contribution < 1.29 is 13.5 Å². The molecule has 2 nitrogen and oxygen atoms in total. The maximum atomic E-state index is 13.4. The molecule has 102 valence electrons. The Balaban J connectivity index is 2.27. The fraction of sp³-hybridized carbons (Fsp3) is 0.571. The van der Waals surface area contributed by atoms with Crippen molar-refractivity contribution >= 4 is 0 Å². The largest absolute Gasteiger partial charge is 0.383 e. The van der Waals surface area contributed by atoms with Crippen LogP contribution in [0.5, 0.6) is 0 Å². The average Bonchev–Trinajstić information content (AvgIpc) is 2.33. The normalized spacial score (nSPS) is 12.7. The van der Waals surface area contributed by atoms with Gasteiger partial charge in [-0.2, -0.15) is 0 Å². The number of nitrogens with one attached hydrogen (secondary N) is 1. The van der Waals surface area contributed by atoms with Gasteiger partial charge in [-0.15, -0.1) is 0 Å². The minimum Gasteiger partial charge on any atom is -0.383 e. The molecule has 0 radical (unpaired) electrons. The summed E-state index contributed by atoms with van der Waals surface area (Å²) in [5.41, 5.74) is 0.583. The van der Waals surface area contributed by atoms with Gasteiger partial charge in [0.1, 0.15) is 11.6 Å². The third-order valence-corrected chi connectivity index (χ3v) is 2.90. The van der Waals surface area contributed by atoms with E-state index >= 15 is 0 Å². The molecule has 0 aliphatic rings. The lowest BCUT2D eigenvalue weighted by Gasteiger charge is -2.12. The van der Waals surface area contributed by atoms with E-state index in [4.69, 9.17) is 4.74 Å². The summed E-state index contributed by atoms with van der Waals surface area (Å²) < 4.78 is 31.0. The van der Waals surface area contributed by atoms with Crippen molar-refractivity contribution in [3.8, 4) is 0 Å². The van der Waals surface area contributed by atoms with Crippen molar-refractivity contribution in [3.63, 3.8) is 0 Å². The topological polar surface area (TPSA) is 21.3 Å². The molecular formula is C14H21F2NO. The molecule has 0 aliphatic carbocycles. The molecule has 1 aromatic carbocycles. The minimum atomic E-state index is -0.523. The van der Waals surface area contributed by atoms with Gasteiger partial charge in [0, 0.05) is 19.7 Å². The maximum Gasteiger partial charge on any atom is 0.129 e. The number of ether oxygens (including phenoxy) is 1. The van der Waals surface area contributed by atoms with E-state index < -0.39 is 11.6 Å². The summed E-state index contributed by atoms with van der Waals surface area (Å²) in [5, 5.41) is 3.27. The number of rotatable bonds is 8. The van der Waals surface area contributed by atoms with Crippen LogP contribution >= 0.6 is 0 Å². The Labute approximate surface area is 107 Å². The quantitative estimate of drug-likeness (QED) is 0.723. The first-order chi connectivity index (χ1) is 8.63. The molecule has 1 N–H and O–H groups in total. The van der Waals surface area contributed by atoms with Crippen molar-refractivity contribution in [2.75, 3.05) is 26.8 Å². The second kappa shape index (κ2) is 8.16. The van der Waals surface area contributed by atoms with E-state index in [2.05, 4.69) is 12.2 Å². The smallest absolute Gasteiger partial charge is 0.129 e. The van der Waals surface area contributed by atoms with Gasteiger partial charge in [-0.05, 0) is 36.9 Å². The lowest BCUT2D eigenvalue weighted by Crippen LogP contribution is -2.25. The molecule has 4 heteroatoms. The standard InChI is InChI=1S/C14H21F2NO/c1-11(10-17-7-8-18-2)3-4-12-5-6-13(15)9-14(12)16/h5-6,9,11,17H,3-4,7-8,10H2,1-2H3. The SMILES string of the molecule is COCCNCC(C)CCc1ccc(F)cc1F. The van der Waals surface area contributed by atoms with Gasteiger partial charge in [0.05, 0.1) is 6.61 Å². The van der Waals surface area contributed by atoms with Gasteiger partial charge in [-0.3, -0.25) is 0 Å². The molecule has 0 spiro atoms. The summed E-state index contributed by atoms with van der Waals surface area (Å²) in [4.78, 5) is 0. The van der Waals surface area contributed by atoms with E-state index in [0.29, 0.717) is 24.5 Å². The van der Waals surface area contributed by atoms with Gasteiger partial charge in [0.15, 0.2) is 0 Å². The van der Waals surface area contributed by atoms with Gasteiger partial charge in [0.2, 0.25) is 0 Å². The summed E-state index contributed by atoms with van der Waals surface area (Å²) in [7, 11) is 1.67. The maximum absolute atomic E-state index is 13.4. The van der Waals surface area contributed by atoms with Crippen LogP contribution in [0.25, 0.3) is 0 Å². The first-order valence-electron chi connectivity index (χ1n) is 6.27. The van der Waals surface area contributed by atoms with Gasteiger partial charge in [0.25, 0.3) is 0 Å². The summed E-state index contributed by atoms with van der Waals surface area (Å²) in [6.07, 6.45) is 1.52. The summed E-state index contributed by atoms with van der Waals surface area (Å²) >= 11 is 0. The van der Waals surface area contributed by atoms with Crippen LogP contribution in [0.15, 0.2) is 18.2 Å². The molecule has 0 amide bonds. The highest BCUT2D eigenvalue weighted by Crippen LogP contribution is 2.14. The molecule has 18 heavy (non-hydrogen) atoms. The third-order valence-electron chi connectivity index (χ3n) is 2.90. The zero-order chi connectivity index (χ0) is 13.4. The predicted molar refractivity (Wildman–Crippen MR) is 68.6 cm³/mol. The number of benzene rings is 1. The average molecular weight is 257 g/mol. The summed E-state index contributed by atoms with van der Waals surface area (Å²) in [6, 6.07) is 3.77. The molecule has 0 aliphatic heterocycles. The Morgan fingerprint density at radius 2 is 2.11 bits per heavy atom. The first-order valence-corrected chi connectivity index (χ1v) is 6.27. The van der Waals surface area contributed by atoms with E-state index in [1.807, 2.05) is 0 Å². The first kappa shape index (κ1) is 15.1. The summed E-state index contributed by atoms with van der Waals surface area (Å²) in [6.45, 7) is 4.51. The van der Waals surface area contributed by atoms with Gasteiger partial charge < -0.3 is 10.1 Å². The van der Waals surface area contributed by atoms with Crippen molar-refractivity contribution in [3.05, 3.63) is 35.4 Å². The fourth-order valence-corrected chi connectivity index (χ4v) is 1.75. The van der Waals surface area contributed by atoms with Crippen LogP contribution in [0.1, 0.15) is 18.9 Å². The molecule has 0 aromatic heterocycles. The van der Waals surface area contributed by atoms with Crippen molar-refractivity contribution in [2.24, 2.45) is 5.92 Å². The van der Waals surface area contributed by atoms with Crippen molar-refractivity contribution in [2.45, 2.75) is 19.8 Å². The van der Waals surface area contributed by atoms with Crippen molar-refractivity contribution in [1.82, 2.24) is 5.32 Å². The molecule has 0 fully saturated rings. The molecule has 0 heterocycles. The van der Waals surface area contributed by atoms with Crippen LogP contribution in [0.3, 0.4) is 0 Å². The Morgan fingerprint density at radius 1 is 1.33 bits per heavy atom. The molecule has 1 unspecified atom stereocenters. The van der Waals surface area contributed by atoms with E-state index in [-0.39, 0.29) is 0 Å². The van der Waals surface area contributed by atoms with Crippen LogP contribution in [-0.4, -0.2) is 26.8 Å². The van der Waals surface area contributed by atoms with Gasteiger partial charge in [-0.1, -0.05) is 13.0 Å². The van der Waals surface area contributed by atoms with E-state index in [0.717, 1.165) is 25.6 Å². The number of aryl methyl sites for hydroxylation is 1. The number of hydrogen-bond acceptors (Lipinski definition) is 2. The highest BCUT2D eigenvalue weighted by atomic mass is 19.1. The molecule has 1 rings (SSSR count). The van der Waals surface area contributed by atoms with Crippen LogP contribution < -0.4 is 5.32 Å². The van der Waals surface area contributed by atoms with Gasteiger partial charge >= 0.3 is 0 Å². The zero-order valence-electron chi connectivity index (χ0n) is 11.0. The van der Waals surface area contributed by atoms with E-state index in [1.165, 1.54) is 12.1 Å². The van der Waals surface area contributed by atoms with E-state index in [1.54, 1.807) is 7.11 Å². The number of methoxy groups -OCH3 is 1. The second-order valence-corrected chi connectivity index (χ2v) is 4.58. The fourth-order valence-electron chi connectivity index (χ4n) is 1.75. The monoisotopic (exact) mass is 257 g/mol.